The summed E-state index contributed by atoms with van der Waals surface area (Å²) >= 11 is 0. The highest BCUT2D eigenvalue weighted by molar-refractivity contribution is 5.91. The van der Waals surface area contributed by atoms with Crippen LogP contribution in [0, 0.1) is 0 Å². The van der Waals surface area contributed by atoms with E-state index in [4.69, 9.17) is 14.2 Å². The molecular weight excluding hydrogens is 278 g/mol. The Morgan fingerprint density at radius 1 is 1.23 bits per heavy atom. The summed E-state index contributed by atoms with van der Waals surface area (Å²) in [6, 6.07) is 4.38. The number of nitrogens with zero attached hydrogens (tertiary/aromatic N) is 1. The lowest BCUT2D eigenvalue weighted by Crippen LogP contribution is -2.34. The molecule has 6 rings (SSSR count). The normalized spacial score (nSPS) is 28.0. The zero-order valence-corrected chi connectivity index (χ0v) is 11.6. The van der Waals surface area contributed by atoms with Crippen LogP contribution in [0.5, 0.6) is 5.75 Å². The molecule has 1 spiro atoms. The number of allylic oxidation sites excluding steroid dienone is 2. The number of hydrogen-bond acceptors (Lipinski definition) is 4. The van der Waals surface area contributed by atoms with Gasteiger partial charge in [0.15, 0.2) is 11.5 Å². The molecular formula is C18H11NO3. The summed E-state index contributed by atoms with van der Waals surface area (Å²) in [6.45, 7) is 0.219. The van der Waals surface area contributed by atoms with Gasteiger partial charge in [-0.1, -0.05) is 12.1 Å². The van der Waals surface area contributed by atoms with Crippen molar-refractivity contribution in [1.29, 1.82) is 0 Å². The molecule has 106 valence electrons. The number of ether oxygens (including phenoxy) is 3. The molecule has 4 heteroatoms. The van der Waals surface area contributed by atoms with Gasteiger partial charge >= 0.3 is 0 Å². The number of aliphatic imine (C=N–C) groups is 1. The summed E-state index contributed by atoms with van der Waals surface area (Å²) in [4.78, 5) is 4.30. The first-order valence-electron chi connectivity index (χ1n) is 7.34. The monoisotopic (exact) mass is 289 g/mol. The van der Waals surface area contributed by atoms with E-state index in [1.807, 2.05) is 12.4 Å². The van der Waals surface area contributed by atoms with Crippen molar-refractivity contribution in [3.05, 3.63) is 76.1 Å². The van der Waals surface area contributed by atoms with Gasteiger partial charge in [0.25, 0.3) is 0 Å². The maximum absolute atomic E-state index is 6.33. The van der Waals surface area contributed by atoms with Gasteiger partial charge in [0.1, 0.15) is 11.2 Å². The molecule has 3 heterocycles. The van der Waals surface area contributed by atoms with Gasteiger partial charge < -0.3 is 14.2 Å². The van der Waals surface area contributed by atoms with E-state index in [-0.39, 0.29) is 6.79 Å². The van der Waals surface area contributed by atoms with Crippen LogP contribution in [0.4, 0.5) is 0 Å². The highest BCUT2D eigenvalue weighted by Gasteiger charge is 2.53. The van der Waals surface area contributed by atoms with Crippen molar-refractivity contribution >= 4 is 6.21 Å². The Balaban J connectivity index is 1.73. The highest BCUT2D eigenvalue weighted by Crippen LogP contribution is 2.59. The van der Waals surface area contributed by atoms with Gasteiger partial charge in [-0.3, -0.25) is 4.99 Å². The smallest absolute Gasteiger partial charge is 0.230 e. The maximum Gasteiger partial charge on any atom is 0.230 e. The summed E-state index contributed by atoms with van der Waals surface area (Å²) in [5, 5.41) is 0. The number of rotatable bonds is 0. The van der Waals surface area contributed by atoms with Crippen LogP contribution in [0.15, 0.2) is 64.4 Å². The van der Waals surface area contributed by atoms with Gasteiger partial charge in [0.05, 0.1) is 11.8 Å². The lowest BCUT2D eigenvalue weighted by molar-refractivity contribution is 0.0104. The fraction of sp³-hybridized carbons (Fsp3) is 0.167. The predicted molar refractivity (Wildman–Crippen MR) is 79.4 cm³/mol. The molecule has 1 aromatic carbocycles. The van der Waals surface area contributed by atoms with E-state index in [2.05, 4.69) is 29.3 Å². The van der Waals surface area contributed by atoms with Crippen molar-refractivity contribution in [3.63, 3.8) is 0 Å². The molecule has 0 aromatic heterocycles. The van der Waals surface area contributed by atoms with E-state index in [9.17, 15) is 0 Å². The minimum atomic E-state index is -0.404. The standard InChI is InChI=1S/C18H11NO3/c1-2-14-16(13-6-10(1)13)22-17-15-11(8-20-9-21-15)5-12-7-19-4-3-18(12,14)17/h1-5,7-8H,6,9H2. The highest BCUT2D eigenvalue weighted by atomic mass is 16.7. The quantitative estimate of drug-likeness (QED) is 0.748. The van der Waals surface area contributed by atoms with Crippen LogP contribution in [0.1, 0.15) is 16.7 Å². The van der Waals surface area contributed by atoms with Crippen molar-refractivity contribution < 1.29 is 14.2 Å². The Morgan fingerprint density at radius 2 is 2.23 bits per heavy atom. The summed E-state index contributed by atoms with van der Waals surface area (Å²) in [5.74, 6) is 2.62. The van der Waals surface area contributed by atoms with Crippen molar-refractivity contribution in [2.75, 3.05) is 6.79 Å². The second-order valence-electron chi connectivity index (χ2n) is 6.02. The molecule has 5 aliphatic rings. The van der Waals surface area contributed by atoms with Gasteiger partial charge in [-0.25, -0.2) is 0 Å². The Bertz CT molecular complexity index is 917. The first-order chi connectivity index (χ1) is 10.9. The summed E-state index contributed by atoms with van der Waals surface area (Å²) in [5.41, 5.74) is 5.48. The molecule has 0 fully saturated rings. The van der Waals surface area contributed by atoms with E-state index >= 15 is 0 Å². The third-order valence-electron chi connectivity index (χ3n) is 4.93. The van der Waals surface area contributed by atoms with Crippen molar-refractivity contribution in [2.45, 2.75) is 11.8 Å². The van der Waals surface area contributed by atoms with E-state index in [1.165, 1.54) is 16.7 Å². The first-order valence-corrected chi connectivity index (χ1v) is 7.34. The van der Waals surface area contributed by atoms with Gasteiger partial charge in [0, 0.05) is 30.0 Å². The van der Waals surface area contributed by atoms with Gasteiger partial charge in [0.2, 0.25) is 6.79 Å². The van der Waals surface area contributed by atoms with Crippen molar-refractivity contribution in [3.8, 4) is 5.75 Å². The Hall–Kier alpha value is -2.75. The molecule has 0 radical (unpaired) electrons. The van der Waals surface area contributed by atoms with Crippen molar-refractivity contribution in [2.24, 2.45) is 4.99 Å². The summed E-state index contributed by atoms with van der Waals surface area (Å²) < 4.78 is 17.4. The summed E-state index contributed by atoms with van der Waals surface area (Å²) in [6.07, 6.45) is 10.7. The third kappa shape index (κ3) is 1.07. The van der Waals surface area contributed by atoms with Crippen LogP contribution in [0.25, 0.3) is 0 Å². The molecule has 0 amide bonds. The van der Waals surface area contributed by atoms with Crippen LogP contribution in [0.3, 0.4) is 0 Å². The van der Waals surface area contributed by atoms with Crippen molar-refractivity contribution in [1.82, 2.24) is 0 Å². The van der Waals surface area contributed by atoms with E-state index < -0.39 is 5.41 Å². The molecule has 22 heavy (non-hydrogen) atoms. The van der Waals surface area contributed by atoms with Crippen LogP contribution in [-0.4, -0.2) is 13.0 Å². The van der Waals surface area contributed by atoms with Gasteiger partial charge in [-0.15, -0.1) is 0 Å². The minimum absolute atomic E-state index is 0.219. The molecule has 0 N–H and O–H groups in total. The molecule has 0 bridgehead atoms. The van der Waals surface area contributed by atoms with Crippen LogP contribution >= 0.6 is 0 Å². The van der Waals surface area contributed by atoms with Crippen LogP contribution in [-0.2, 0) is 21.3 Å². The Morgan fingerprint density at radius 3 is 3.23 bits per heavy atom. The molecule has 3 aliphatic heterocycles. The predicted octanol–water partition coefficient (Wildman–Crippen LogP) is 2.86. The average molecular weight is 289 g/mol. The molecule has 0 saturated carbocycles. The van der Waals surface area contributed by atoms with E-state index in [0.29, 0.717) is 0 Å². The average Bonchev–Trinajstić information content (AvgIpc) is 3.28. The molecule has 1 atom stereocenters. The molecule has 1 aromatic rings. The summed E-state index contributed by atoms with van der Waals surface area (Å²) in [7, 11) is 0. The Kier molecular flexibility index (Phi) is 1.66. The lowest BCUT2D eigenvalue weighted by atomic mass is 9.69. The zero-order valence-electron chi connectivity index (χ0n) is 11.6. The topological polar surface area (TPSA) is 40.0 Å². The SMILES string of the molecule is C1=CC23C(=CC4=COCOC4=C2Oc2c3ccc3c2C3)C=N1. The number of benzene rings is 1. The van der Waals surface area contributed by atoms with Gasteiger partial charge in [-0.2, -0.15) is 0 Å². The third-order valence-corrected chi connectivity index (χ3v) is 4.93. The molecule has 1 unspecified atom stereocenters. The van der Waals surface area contributed by atoms with E-state index in [1.54, 1.807) is 6.26 Å². The van der Waals surface area contributed by atoms with Gasteiger partial charge in [-0.05, 0) is 23.3 Å². The minimum Gasteiger partial charge on any atom is -0.464 e. The number of hydrogen-bond donors (Lipinski definition) is 0. The number of fused-ring (bicyclic) bond motifs is 4. The fourth-order valence-corrected chi connectivity index (χ4v) is 3.81. The van der Waals surface area contributed by atoms with Crippen LogP contribution in [0.2, 0.25) is 0 Å². The zero-order chi connectivity index (χ0) is 14.3. The Labute approximate surface area is 126 Å². The molecule has 0 saturated heterocycles. The second kappa shape index (κ2) is 3.35. The maximum atomic E-state index is 6.33. The molecule has 2 aliphatic carbocycles. The van der Waals surface area contributed by atoms with Crippen LogP contribution < -0.4 is 4.74 Å². The lowest BCUT2D eigenvalue weighted by Gasteiger charge is -2.34. The molecule has 4 nitrogen and oxygen atoms in total. The second-order valence-corrected chi connectivity index (χ2v) is 6.02. The first kappa shape index (κ1) is 10.9. The fourth-order valence-electron chi connectivity index (χ4n) is 3.81. The van der Waals surface area contributed by atoms with E-state index in [0.717, 1.165) is 34.8 Å². The largest absolute Gasteiger partial charge is 0.464 e.